The molecule has 9 heteroatoms. The minimum absolute atomic E-state index is 0.111. The van der Waals surface area contributed by atoms with Crippen molar-refractivity contribution >= 4 is 11.6 Å². The first-order valence-corrected chi connectivity index (χ1v) is 6.98. The van der Waals surface area contributed by atoms with Gasteiger partial charge in [0, 0.05) is 18.2 Å². The van der Waals surface area contributed by atoms with Crippen LogP contribution in [-0.4, -0.2) is 10.8 Å². The van der Waals surface area contributed by atoms with Gasteiger partial charge in [-0.15, -0.1) is 0 Å². The molecule has 0 saturated carbocycles. The van der Waals surface area contributed by atoms with E-state index in [-0.39, 0.29) is 17.7 Å². The van der Waals surface area contributed by atoms with Gasteiger partial charge >= 0.3 is 6.18 Å². The summed E-state index contributed by atoms with van der Waals surface area (Å²) in [5.41, 5.74) is -1.40. The number of alkyl halides is 3. The molecular formula is C16H12F4N2O3. The topological polar surface area (TPSA) is 72.2 Å². The first kappa shape index (κ1) is 18.4. The third-order valence-corrected chi connectivity index (χ3v) is 3.51. The highest BCUT2D eigenvalue weighted by Gasteiger charge is 2.29. The lowest BCUT2D eigenvalue weighted by molar-refractivity contribution is -0.385. The molecule has 0 unspecified atom stereocenters. The molecule has 2 aromatic rings. The summed E-state index contributed by atoms with van der Waals surface area (Å²) in [6.45, 7) is 1.11. The van der Waals surface area contributed by atoms with Crippen molar-refractivity contribution < 1.29 is 27.3 Å². The summed E-state index contributed by atoms with van der Waals surface area (Å²) in [6, 6.07) is 5.95. The average molecular weight is 356 g/mol. The third kappa shape index (κ3) is 4.31. The second kappa shape index (κ2) is 6.88. The number of amides is 1. The van der Waals surface area contributed by atoms with Crippen molar-refractivity contribution in [3.8, 4) is 0 Å². The van der Waals surface area contributed by atoms with E-state index in [0.29, 0.717) is 5.56 Å². The van der Waals surface area contributed by atoms with E-state index in [1.165, 1.54) is 19.1 Å². The molecule has 2 rings (SSSR count). The van der Waals surface area contributed by atoms with E-state index in [1.54, 1.807) is 0 Å². The zero-order valence-electron chi connectivity index (χ0n) is 12.9. The Balaban J connectivity index is 2.12. The Morgan fingerprint density at radius 3 is 2.32 bits per heavy atom. The van der Waals surface area contributed by atoms with Gasteiger partial charge in [0.2, 0.25) is 0 Å². The number of hydrogen-bond donors (Lipinski definition) is 1. The molecule has 132 valence electrons. The van der Waals surface area contributed by atoms with Gasteiger partial charge < -0.3 is 5.32 Å². The summed E-state index contributed by atoms with van der Waals surface area (Å²) in [6.07, 6.45) is -4.46. The molecular weight excluding hydrogens is 344 g/mol. The predicted molar refractivity (Wildman–Crippen MR) is 80.4 cm³/mol. The van der Waals surface area contributed by atoms with Gasteiger partial charge in [0.05, 0.1) is 16.1 Å². The second-order valence-corrected chi connectivity index (χ2v) is 5.24. The van der Waals surface area contributed by atoms with Gasteiger partial charge in [-0.05, 0) is 30.7 Å². The van der Waals surface area contributed by atoms with Crippen molar-refractivity contribution in [2.45, 2.75) is 19.6 Å². The molecule has 0 saturated heterocycles. The van der Waals surface area contributed by atoms with Gasteiger partial charge in [-0.25, -0.2) is 4.39 Å². The second-order valence-electron chi connectivity index (χ2n) is 5.24. The number of hydrogen-bond acceptors (Lipinski definition) is 3. The highest BCUT2D eigenvalue weighted by molar-refractivity contribution is 5.95. The summed E-state index contributed by atoms with van der Waals surface area (Å²) in [4.78, 5) is 22.1. The van der Waals surface area contributed by atoms with Crippen molar-refractivity contribution in [1.82, 2.24) is 5.32 Å². The number of nitrogens with zero attached hydrogens (tertiary/aromatic N) is 1. The zero-order chi connectivity index (χ0) is 18.8. The molecule has 2 aromatic carbocycles. The first-order chi connectivity index (χ1) is 11.6. The molecule has 0 bridgehead atoms. The van der Waals surface area contributed by atoms with Crippen molar-refractivity contribution in [1.29, 1.82) is 0 Å². The van der Waals surface area contributed by atoms with Gasteiger partial charge in [-0.2, -0.15) is 13.2 Å². The van der Waals surface area contributed by atoms with E-state index in [4.69, 9.17) is 0 Å². The van der Waals surface area contributed by atoms with Gasteiger partial charge in [-0.1, -0.05) is 12.1 Å². The van der Waals surface area contributed by atoms with Crippen molar-refractivity contribution in [3.05, 3.63) is 74.6 Å². The van der Waals surface area contributed by atoms with Crippen LogP contribution in [0, 0.1) is 22.9 Å². The van der Waals surface area contributed by atoms with Crippen LogP contribution in [0.5, 0.6) is 0 Å². The number of nitrogens with one attached hydrogen (secondary N) is 1. The maximum absolute atomic E-state index is 13.7. The van der Waals surface area contributed by atoms with E-state index in [9.17, 15) is 32.5 Å². The number of carbonyl (C=O) groups excluding carboxylic acids is 1. The molecule has 25 heavy (non-hydrogen) atoms. The van der Waals surface area contributed by atoms with Crippen molar-refractivity contribution in [2.24, 2.45) is 0 Å². The number of carbonyl (C=O) groups is 1. The molecule has 5 nitrogen and oxygen atoms in total. The van der Waals surface area contributed by atoms with Crippen LogP contribution in [0.1, 0.15) is 27.0 Å². The number of benzene rings is 2. The summed E-state index contributed by atoms with van der Waals surface area (Å²) in [5, 5.41) is 13.2. The number of nitro benzene ring substituents is 1. The lowest BCUT2D eigenvalue weighted by Crippen LogP contribution is -2.23. The maximum Gasteiger partial charge on any atom is 0.416 e. The fourth-order valence-corrected chi connectivity index (χ4v) is 2.08. The zero-order valence-corrected chi connectivity index (χ0v) is 12.9. The quantitative estimate of drug-likeness (QED) is 0.511. The molecule has 0 fully saturated rings. The summed E-state index contributed by atoms with van der Waals surface area (Å²) < 4.78 is 51.1. The largest absolute Gasteiger partial charge is 0.416 e. The lowest BCUT2D eigenvalue weighted by Gasteiger charge is -2.09. The Morgan fingerprint density at radius 2 is 1.80 bits per heavy atom. The molecule has 0 aliphatic heterocycles. The number of nitro groups is 1. The number of rotatable bonds is 4. The summed E-state index contributed by atoms with van der Waals surface area (Å²) in [5.74, 6) is -1.67. The molecule has 1 N–H and O–H groups in total. The minimum Gasteiger partial charge on any atom is -0.348 e. The molecule has 0 spiro atoms. The average Bonchev–Trinajstić information content (AvgIpc) is 2.54. The highest BCUT2D eigenvalue weighted by Crippen LogP contribution is 2.29. The van der Waals surface area contributed by atoms with Crippen LogP contribution < -0.4 is 5.32 Å². The van der Waals surface area contributed by atoms with Crippen LogP contribution >= 0.6 is 0 Å². The fourth-order valence-electron chi connectivity index (χ4n) is 2.08. The SMILES string of the molecule is Cc1c(F)cc(C(=O)NCc2ccc(C(F)(F)F)cc2)cc1[N+](=O)[O-]. The highest BCUT2D eigenvalue weighted by atomic mass is 19.4. The molecule has 0 aliphatic rings. The van der Waals surface area contributed by atoms with Crippen LogP contribution in [-0.2, 0) is 12.7 Å². The van der Waals surface area contributed by atoms with E-state index < -0.39 is 34.1 Å². The maximum atomic E-state index is 13.7. The normalized spacial score (nSPS) is 11.2. The molecule has 0 aromatic heterocycles. The van der Waals surface area contributed by atoms with E-state index in [0.717, 1.165) is 24.3 Å². The smallest absolute Gasteiger partial charge is 0.348 e. The van der Waals surface area contributed by atoms with Crippen LogP contribution in [0.2, 0.25) is 0 Å². The minimum atomic E-state index is -4.46. The molecule has 0 heterocycles. The van der Waals surface area contributed by atoms with Gasteiger partial charge in [0.15, 0.2) is 0 Å². The summed E-state index contributed by atoms with van der Waals surface area (Å²) in [7, 11) is 0. The van der Waals surface area contributed by atoms with E-state index in [1.807, 2.05) is 0 Å². The monoisotopic (exact) mass is 356 g/mol. The van der Waals surface area contributed by atoms with E-state index in [2.05, 4.69) is 5.32 Å². The first-order valence-electron chi connectivity index (χ1n) is 6.98. The lowest BCUT2D eigenvalue weighted by atomic mass is 10.1. The Hall–Kier alpha value is -2.97. The van der Waals surface area contributed by atoms with Crippen molar-refractivity contribution in [2.75, 3.05) is 0 Å². The molecule has 0 atom stereocenters. The van der Waals surface area contributed by atoms with Crippen LogP contribution in [0.25, 0.3) is 0 Å². The third-order valence-electron chi connectivity index (χ3n) is 3.51. The molecule has 1 amide bonds. The Labute approximate surface area is 139 Å². The van der Waals surface area contributed by atoms with Gasteiger partial charge in [0.25, 0.3) is 11.6 Å². The predicted octanol–water partition coefficient (Wildman–Crippen LogP) is 3.99. The molecule has 0 aliphatic carbocycles. The Morgan fingerprint density at radius 1 is 1.20 bits per heavy atom. The van der Waals surface area contributed by atoms with Crippen LogP contribution in [0.4, 0.5) is 23.2 Å². The Kier molecular flexibility index (Phi) is 5.05. The number of halogens is 4. The fraction of sp³-hybridized carbons (Fsp3) is 0.188. The Bertz CT molecular complexity index is 817. The molecule has 0 radical (unpaired) electrons. The standard InChI is InChI=1S/C16H12F4N2O3/c1-9-13(17)6-11(7-14(9)22(24)25)15(23)21-8-10-2-4-12(5-3-10)16(18,19)20/h2-7H,8H2,1H3,(H,21,23). The van der Waals surface area contributed by atoms with Crippen LogP contribution in [0.3, 0.4) is 0 Å². The van der Waals surface area contributed by atoms with Gasteiger partial charge in [0.1, 0.15) is 5.82 Å². The van der Waals surface area contributed by atoms with Crippen molar-refractivity contribution in [3.63, 3.8) is 0 Å². The van der Waals surface area contributed by atoms with Gasteiger partial charge in [-0.3, -0.25) is 14.9 Å². The van der Waals surface area contributed by atoms with E-state index >= 15 is 0 Å². The van der Waals surface area contributed by atoms with Crippen LogP contribution in [0.15, 0.2) is 36.4 Å². The summed E-state index contributed by atoms with van der Waals surface area (Å²) >= 11 is 0.